The highest BCUT2D eigenvalue weighted by Crippen LogP contribution is 2.06. The maximum atomic E-state index is 11.6. The number of hydrogen-bond acceptors (Lipinski definition) is 6. The maximum Gasteiger partial charge on any atom is 0.320 e. The minimum absolute atomic E-state index is 0.0302. The van der Waals surface area contributed by atoms with Gasteiger partial charge in [0.15, 0.2) is 0 Å². The molecule has 0 heterocycles. The number of rotatable bonds is 12. The molecular weight excluding hydrogens is 314 g/mol. The molecule has 0 bridgehead atoms. The first kappa shape index (κ1) is 20.0. The lowest BCUT2D eigenvalue weighted by Crippen LogP contribution is -2.32. The van der Waals surface area contributed by atoms with Crippen molar-refractivity contribution in [3.05, 3.63) is 35.4 Å². The van der Waals surface area contributed by atoms with Crippen LogP contribution in [0.5, 0.6) is 0 Å². The lowest BCUT2D eigenvalue weighted by Gasteiger charge is -2.09. The first-order chi connectivity index (χ1) is 11.5. The molecule has 8 heteroatoms. The van der Waals surface area contributed by atoms with Gasteiger partial charge in [-0.05, 0) is 17.5 Å². The van der Waals surface area contributed by atoms with E-state index in [0.29, 0.717) is 32.9 Å². The van der Waals surface area contributed by atoms with Gasteiger partial charge in [-0.15, -0.1) is 0 Å². The number of carboxylic acids is 1. The van der Waals surface area contributed by atoms with Gasteiger partial charge in [-0.1, -0.05) is 24.3 Å². The molecule has 0 aliphatic heterocycles. The summed E-state index contributed by atoms with van der Waals surface area (Å²) < 4.78 is 10.3. The fourth-order valence-corrected chi connectivity index (χ4v) is 1.85. The Morgan fingerprint density at radius 2 is 1.71 bits per heavy atom. The summed E-state index contributed by atoms with van der Waals surface area (Å²) >= 11 is 0. The van der Waals surface area contributed by atoms with E-state index >= 15 is 0 Å². The third-order valence-corrected chi connectivity index (χ3v) is 3.15. The van der Waals surface area contributed by atoms with Crippen LogP contribution in [0.1, 0.15) is 11.1 Å². The number of carbonyl (C=O) groups excluding carboxylic acids is 1. The number of nitrogens with two attached hydrogens (primary N) is 2. The van der Waals surface area contributed by atoms with Gasteiger partial charge in [0.25, 0.3) is 0 Å². The van der Waals surface area contributed by atoms with Crippen molar-refractivity contribution >= 4 is 11.9 Å². The van der Waals surface area contributed by atoms with Crippen LogP contribution in [0.2, 0.25) is 0 Å². The molecule has 0 fully saturated rings. The van der Waals surface area contributed by atoms with Gasteiger partial charge in [-0.3, -0.25) is 9.59 Å². The molecule has 1 amide bonds. The van der Waals surface area contributed by atoms with Gasteiger partial charge in [0.2, 0.25) is 5.91 Å². The molecule has 0 saturated heterocycles. The summed E-state index contributed by atoms with van der Waals surface area (Å²) in [4.78, 5) is 22.3. The van der Waals surface area contributed by atoms with Crippen molar-refractivity contribution in [2.75, 3.05) is 33.0 Å². The molecular formula is C16H25N3O5. The molecule has 6 N–H and O–H groups in total. The number of amides is 1. The predicted octanol–water partition coefficient (Wildman–Crippen LogP) is -0.751. The summed E-state index contributed by atoms with van der Waals surface area (Å²) in [6.07, 6.45) is 0.266. The van der Waals surface area contributed by atoms with E-state index in [1.165, 1.54) is 0 Å². The van der Waals surface area contributed by atoms with Crippen molar-refractivity contribution in [3.8, 4) is 0 Å². The Bertz CT molecular complexity index is 507. The zero-order chi connectivity index (χ0) is 17.8. The fraction of sp³-hybridized carbons (Fsp3) is 0.500. The monoisotopic (exact) mass is 339 g/mol. The van der Waals surface area contributed by atoms with Crippen LogP contribution < -0.4 is 16.8 Å². The van der Waals surface area contributed by atoms with Crippen LogP contribution >= 0.6 is 0 Å². The van der Waals surface area contributed by atoms with Gasteiger partial charge >= 0.3 is 5.97 Å². The van der Waals surface area contributed by atoms with Gasteiger partial charge in [0, 0.05) is 13.1 Å². The molecule has 0 aliphatic rings. The van der Waals surface area contributed by atoms with Crippen LogP contribution in [-0.2, 0) is 32.0 Å². The normalized spacial score (nSPS) is 11.9. The number of carboxylic acid groups (broad SMARTS) is 1. The van der Waals surface area contributed by atoms with Crippen LogP contribution in [0.15, 0.2) is 24.3 Å². The summed E-state index contributed by atoms with van der Waals surface area (Å²) in [6.45, 7) is 2.02. The fourth-order valence-electron chi connectivity index (χ4n) is 1.85. The molecule has 134 valence electrons. The van der Waals surface area contributed by atoms with Crippen LogP contribution in [0.3, 0.4) is 0 Å². The molecule has 8 nitrogen and oxygen atoms in total. The topological polar surface area (TPSA) is 137 Å². The van der Waals surface area contributed by atoms with Gasteiger partial charge in [-0.2, -0.15) is 0 Å². The second kappa shape index (κ2) is 11.5. The Morgan fingerprint density at radius 3 is 2.33 bits per heavy atom. The Balaban J connectivity index is 2.22. The average molecular weight is 339 g/mol. The highest BCUT2D eigenvalue weighted by atomic mass is 16.5. The molecule has 0 unspecified atom stereocenters. The average Bonchev–Trinajstić information content (AvgIpc) is 2.57. The van der Waals surface area contributed by atoms with Gasteiger partial charge in [0.05, 0.1) is 19.8 Å². The maximum absolute atomic E-state index is 11.6. The molecule has 1 aromatic rings. The summed E-state index contributed by atoms with van der Waals surface area (Å²) in [6, 6.07) is 6.34. The van der Waals surface area contributed by atoms with Crippen LogP contribution in [0.4, 0.5) is 0 Å². The summed E-state index contributed by atoms with van der Waals surface area (Å²) in [7, 11) is 0. The number of benzene rings is 1. The number of ether oxygens (including phenoxy) is 2. The van der Waals surface area contributed by atoms with E-state index < -0.39 is 12.0 Å². The zero-order valence-corrected chi connectivity index (χ0v) is 13.6. The number of hydrogen-bond donors (Lipinski definition) is 4. The summed E-state index contributed by atoms with van der Waals surface area (Å²) in [5, 5.41) is 11.5. The highest BCUT2D eigenvalue weighted by molar-refractivity contribution is 5.77. The number of carbonyl (C=O) groups is 2. The molecule has 0 spiro atoms. The summed E-state index contributed by atoms with van der Waals surface area (Å²) in [5.41, 5.74) is 12.5. The summed E-state index contributed by atoms with van der Waals surface area (Å²) in [5.74, 6) is -1.24. The number of aliphatic carboxylic acids is 1. The second-order valence-electron chi connectivity index (χ2n) is 5.20. The van der Waals surface area contributed by atoms with Crippen molar-refractivity contribution in [3.63, 3.8) is 0 Å². The first-order valence-corrected chi connectivity index (χ1v) is 7.71. The van der Waals surface area contributed by atoms with E-state index in [0.717, 1.165) is 11.1 Å². The first-order valence-electron chi connectivity index (χ1n) is 7.71. The van der Waals surface area contributed by atoms with E-state index in [1.54, 1.807) is 12.1 Å². The Labute approximate surface area is 141 Å². The third kappa shape index (κ3) is 8.59. The molecule has 1 atom stereocenters. The second-order valence-corrected chi connectivity index (χ2v) is 5.20. The molecule has 0 aromatic heterocycles. The molecule has 1 rings (SSSR count). The standard InChI is InChI=1S/C16H25N3O5/c17-5-6-23-7-8-24-11-15(20)19-10-13-3-1-12(2-4-13)9-14(18)16(21)22/h1-4,14H,5-11,17-18H2,(H,19,20)(H,21,22)/t14-/m0/s1. The minimum Gasteiger partial charge on any atom is -0.480 e. The van der Waals surface area contributed by atoms with E-state index in [4.69, 9.17) is 26.0 Å². The lowest BCUT2D eigenvalue weighted by atomic mass is 10.0. The van der Waals surface area contributed by atoms with Crippen molar-refractivity contribution in [2.24, 2.45) is 11.5 Å². The van der Waals surface area contributed by atoms with Crippen molar-refractivity contribution < 1.29 is 24.2 Å². The van der Waals surface area contributed by atoms with Crippen LogP contribution in [-0.4, -0.2) is 56.0 Å². The van der Waals surface area contributed by atoms with E-state index in [-0.39, 0.29) is 18.9 Å². The zero-order valence-electron chi connectivity index (χ0n) is 13.6. The SMILES string of the molecule is NCCOCCOCC(=O)NCc1ccc(C[C@H](N)C(=O)O)cc1. The van der Waals surface area contributed by atoms with Gasteiger partial charge in [-0.25, -0.2) is 0 Å². The largest absolute Gasteiger partial charge is 0.480 e. The molecule has 0 radical (unpaired) electrons. The number of nitrogens with one attached hydrogen (secondary N) is 1. The van der Waals surface area contributed by atoms with Gasteiger partial charge in [0.1, 0.15) is 12.6 Å². The molecule has 0 saturated carbocycles. The predicted molar refractivity (Wildman–Crippen MR) is 88.3 cm³/mol. The molecule has 24 heavy (non-hydrogen) atoms. The lowest BCUT2D eigenvalue weighted by molar-refractivity contribution is -0.138. The smallest absolute Gasteiger partial charge is 0.320 e. The third-order valence-electron chi connectivity index (χ3n) is 3.15. The molecule has 0 aliphatic carbocycles. The minimum atomic E-state index is -1.03. The Hall–Kier alpha value is -2.00. The Kier molecular flexibility index (Phi) is 9.62. The quantitative estimate of drug-likeness (QED) is 0.368. The van der Waals surface area contributed by atoms with Crippen molar-refractivity contribution in [1.82, 2.24) is 5.32 Å². The Morgan fingerprint density at radius 1 is 1.08 bits per heavy atom. The van der Waals surface area contributed by atoms with Crippen molar-refractivity contribution in [1.29, 1.82) is 0 Å². The van der Waals surface area contributed by atoms with Crippen LogP contribution in [0.25, 0.3) is 0 Å². The van der Waals surface area contributed by atoms with Crippen molar-refractivity contribution in [2.45, 2.75) is 19.0 Å². The van der Waals surface area contributed by atoms with E-state index in [1.807, 2.05) is 12.1 Å². The van der Waals surface area contributed by atoms with Crippen LogP contribution in [0, 0.1) is 0 Å². The highest BCUT2D eigenvalue weighted by Gasteiger charge is 2.11. The molecule has 1 aromatic carbocycles. The van der Waals surface area contributed by atoms with Gasteiger partial charge < -0.3 is 31.4 Å². The van der Waals surface area contributed by atoms with E-state index in [2.05, 4.69) is 5.32 Å². The van der Waals surface area contributed by atoms with E-state index in [9.17, 15) is 9.59 Å².